The second-order valence-corrected chi connectivity index (χ2v) is 3.40. The minimum Gasteiger partial charge on any atom is -0.755 e. The van der Waals surface area contributed by atoms with E-state index in [1.54, 1.807) is 6.07 Å². The first-order valence-electron chi connectivity index (χ1n) is 3.97. The minimum atomic E-state index is -2.32. The predicted molar refractivity (Wildman–Crippen MR) is 54.3 cm³/mol. The molecular formula is C9H7N2O2S-. The van der Waals surface area contributed by atoms with Gasteiger partial charge in [-0.25, -0.2) is 4.98 Å². The topological polar surface area (TPSA) is 65.0 Å². The number of hydrogen-bond donors (Lipinski definition) is 1. The van der Waals surface area contributed by atoms with Crippen molar-refractivity contribution in [2.45, 2.75) is 0 Å². The molecule has 1 aromatic carbocycles. The van der Waals surface area contributed by atoms with Gasteiger partial charge in [-0.05, 0) is 18.2 Å². The molecule has 1 N–H and O–H groups in total. The largest absolute Gasteiger partial charge is 0.755 e. The molecule has 1 atom stereocenters. The summed E-state index contributed by atoms with van der Waals surface area (Å²) < 4.78 is 22.9. The van der Waals surface area contributed by atoms with Gasteiger partial charge in [-0.3, -0.25) is 4.21 Å². The Labute approximate surface area is 83.4 Å². The van der Waals surface area contributed by atoms with Gasteiger partial charge in [0.1, 0.15) is 5.82 Å². The van der Waals surface area contributed by atoms with E-state index in [1.165, 1.54) is 0 Å². The zero-order valence-electron chi connectivity index (χ0n) is 7.14. The Hall–Kier alpha value is -1.46. The zero-order chi connectivity index (χ0) is 9.97. The van der Waals surface area contributed by atoms with E-state index in [0.29, 0.717) is 5.82 Å². The summed E-state index contributed by atoms with van der Waals surface area (Å²) in [6, 6.07) is 10.9. The highest BCUT2D eigenvalue weighted by molar-refractivity contribution is 7.80. The Morgan fingerprint density at radius 1 is 1.21 bits per heavy atom. The van der Waals surface area contributed by atoms with Crippen LogP contribution in [-0.2, 0) is 11.3 Å². The molecule has 0 aliphatic heterocycles. The van der Waals surface area contributed by atoms with Gasteiger partial charge in [-0.15, -0.1) is 0 Å². The van der Waals surface area contributed by atoms with Gasteiger partial charge in [0, 0.05) is 16.7 Å². The molecule has 0 spiro atoms. The molecule has 2 aromatic rings. The van der Waals surface area contributed by atoms with E-state index in [9.17, 15) is 8.76 Å². The molecule has 0 aliphatic rings. The lowest BCUT2D eigenvalue weighted by Crippen LogP contribution is -2.03. The standard InChI is InChI=1S/C9H8N2O2S/c12-14(13)11-9-6-5-7-3-1-2-4-8(7)10-9/h1-6H,(H,10,11)(H,12,13)/p-1. The summed E-state index contributed by atoms with van der Waals surface area (Å²) in [6.45, 7) is 0. The van der Waals surface area contributed by atoms with Gasteiger partial charge in [0.05, 0.1) is 5.52 Å². The monoisotopic (exact) mass is 207 g/mol. The molecule has 1 unspecified atom stereocenters. The van der Waals surface area contributed by atoms with Crippen LogP contribution in [0.3, 0.4) is 0 Å². The van der Waals surface area contributed by atoms with Crippen molar-refractivity contribution in [3.8, 4) is 0 Å². The number of fused-ring (bicyclic) bond motifs is 1. The average molecular weight is 207 g/mol. The first-order chi connectivity index (χ1) is 6.75. The van der Waals surface area contributed by atoms with E-state index < -0.39 is 11.3 Å². The van der Waals surface area contributed by atoms with E-state index in [1.807, 2.05) is 30.3 Å². The predicted octanol–water partition coefficient (Wildman–Crippen LogP) is 1.44. The van der Waals surface area contributed by atoms with Crippen molar-refractivity contribution in [1.82, 2.24) is 4.98 Å². The van der Waals surface area contributed by atoms with Gasteiger partial charge in [0.25, 0.3) is 0 Å². The molecule has 0 radical (unpaired) electrons. The van der Waals surface area contributed by atoms with E-state index in [0.717, 1.165) is 10.9 Å². The molecule has 0 fully saturated rings. The van der Waals surface area contributed by atoms with Crippen molar-refractivity contribution in [2.75, 3.05) is 4.72 Å². The van der Waals surface area contributed by atoms with Crippen LogP contribution < -0.4 is 4.72 Å². The highest BCUT2D eigenvalue weighted by Gasteiger charge is 1.95. The first-order valence-corrected chi connectivity index (χ1v) is 5.05. The molecule has 0 saturated heterocycles. The van der Waals surface area contributed by atoms with Crippen LogP contribution in [0.5, 0.6) is 0 Å². The van der Waals surface area contributed by atoms with Crippen LogP contribution in [0, 0.1) is 0 Å². The summed E-state index contributed by atoms with van der Waals surface area (Å²) in [6.07, 6.45) is 0. The number of hydrogen-bond acceptors (Lipinski definition) is 3. The molecule has 1 heterocycles. The quantitative estimate of drug-likeness (QED) is 0.758. The number of pyridine rings is 1. The summed E-state index contributed by atoms with van der Waals surface area (Å²) in [7, 11) is 0. The van der Waals surface area contributed by atoms with Crippen molar-refractivity contribution < 1.29 is 8.76 Å². The second kappa shape index (κ2) is 3.73. The maximum Gasteiger partial charge on any atom is 0.137 e. The van der Waals surface area contributed by atoms with Crippen molar-refractivity contribution >= 4 is 28.0 Å². The maximum atomic E-state index is 10.4. The van der Waals surface area contributed by atoms with Gasteiger partial charge < -0.3 is 9.27 Å². The van der Waals surface area contributed by atoms with Gasteiger partial charge in [-0.2, -0.15) is 0 Å². The summed E-state index contributed by atoms with van der Waals surface area (Å²) in [5.41, 5.74) is 0.767. The Balaban J connectivity index is 2.46. The molecule has 72 valence electrons. The van der Waals surface area contributed by atoms with Crippen molar-refractivity contribution in [3.05, 3.63) is 36.4 Å². The lowest BCUT2D eigenvalue weighted by molar-refractivity contribution is 0.542. The highest BCUT2D eigenvalue weighted by Crippen LogP contribution is 2.14. The van der Waals surface area contributed by atoms with Crippen molar-refractivity contribution in [2.24, 2.45) is 0 Å². The molecule has 4 nitrogen and oxygen atoms in total. The first kappa shape index (κ1) is 9.11. The molecule has 2 rings (SSSR count). The zero-order valence-corrected chi connectivity index (χ0v) is 7.95. The number of nitrogens with zero attached hydrogens (tertiary/aromatic N) is 1. The molecule has 5 heteroatoms. The van der Waals surface area contributed by atoms with Gasteiger partial charge in [0.2, 0.25) is 0 Å². The van der Waals surface area contributed by atoms with Gasteiger partial charge >= 0.3 is 0 Å². The summed E-state index contributed by atoms with van der Waals surface area (Å²) in [5, 5.41) is 0.981. The fourth-order valence-corrected chi connectivity index (χ4v) is 1.49. The molecular weight excluding hydrogens is 200 g/mol. The van der Waals surface area contributed by atoms with Crippen LogP contribution in [0.15, 0.2) is 36.4 Å². The molecule has 0 amide bonds. The minimum absolute atomic E-state index is 0.331. The fourth-order valence-electron chi connectivity index (χ4n) is 1.21. The lowest BCUT2D eigenvalue weighted by Gasteiger charge is -2.07. The number of anilines is 1. The SMILES string of the molecule is O=S([O-])Nc1ccc2ccccc2n1. The molecule has 0 saturated carbocycles. The third kappa shape index (κ3) is 1.89. The van der Waals surface area contributed by atoms with Crippen LogP contribution >= 0.6 is 0 Å². The maximum absolute atomic E-state index is 10.4. The summed E-state index contributed by atoms with van der Waals surface area (Å²) >= 11 is -2.32. The Bertz CT molecular complexity index is 487. The van der Waals surface area contributed by atoms with Crippen LogP contribution in [0.2, 0.25) is 0 Å². The van der Waals surface area contributed by atoms with E-state index in [-0.39, 0.29) is 0 Å². The summed E-state index contributed by atoms with van der Waals surface area (Å²) in [4.78, 5) is 4.11. The van der Waals surface area contributed by atoms with E-state index in [2.05, 4.69) is 9.71 Å². The lowest BCUT2D eigenvalue weighted by atomic mass is 10.2. The number of para-hydroxylation sites is 1. The third-order valence-corrected chi connectivity index (χ3v) is 2.16. The third-order valence-electron chi connectivity index (χ3n) is 1.79. The highest BCUT2D eigenvalue weighted by atomic mass is 32.2. The average Bonchev–Trinajstić information content (AvgIpc) is 2.17. The number of rotatable bonds is 2. The van der Waals surface area contributed by atoms with Crippen LogP contribution in [-0.4, -0.2) is 13.7 Å². The van der Waals surface area contributed by atoms with Crippen LogP contribution in [0.4, 0.5) is 5.82 Å². The smallest absolute Gasteiger partial charge is 0.137 e. The van der Waals surface area contributed by atoms with Crippen molar-refractivity contribution in [3.63, 3.8) is 0 Å². The Kier molecular flexibility index (Phi) is 2.43. The van der Waals surface area contributed by atoms with Crippen LogP contribution in [0.1, 0.15) is 0 Å². The molecule has 0 aliphatic carbocycles. The fraction of sp³-hybridized carbons (Fsp3) is 0. The number of benzene rings is 1. The number of aromatic nitrogens is 1. The Morgan fingerprint density at radius 2 is 2.00 bits per heavy atom. The van der Waals surface area contributed by atoms with Gasteiger partial charge in [-0.1, -0.05) is 18.2 Å². The van der Waals surface area contributed by atoms with E-state index >= 15 is 0 Å². The second-order valence-electron chi connectivity index (χ2n) is 2.73. The molecule has 0 bridgehead atoms. The molecule has 14 heavy (non-hydrogen) atoms. The molecule has 1 aromatic heterocycles. The number of nitrogens with one attached hydrogen (secondary N) is 1. The van der Waals surface area contributed by atoms with Crippen molar-refractivity contribution in [1.29, 1.82) is 0 Å². The van der Waals surface area contributed by atoms with Crippen LogP contribution in [0.25, 0.3) is 10.9 Å². The van der Waals surface area contributed by atoms with E-state index in [4.69, 9.17) is 0 Å². The van der Waals surface area contributed by atoms with Gasteiger partial charge in [0.15, 0.2) is 0 Å². The Morgan fingerprint density at radius 3 is 2.79 bits per heavy atom. The normalized spacial score (nSPS) is 12.6. The summed E-state index contributed by atoms with van der Waals surface area (Å²) in [5.74, 6) is 0.331.